The minimum Gasteiger partial charge on any atom is -0.310 e. The average molecular weight is 305 g/mol. The molecule has 0 radical (unpaired) electrons. The highest BCUT2D eigenvalue weighted by Gasteiger charge is 2.20. The Morgan fingerprint density at radius 3 is 2.95 bits per heavy atom. The lowest BCUT2D eigenvalue weighted by Gasteiger charge is -2.16. The van der Waals surface area contributed by atoms with Crippen LogP contribution in [0.1, 0.15) is 29.7 Å². The topological polar surface area (TPSA) is 28.2 Å². The quantitative estimate of drug-likeness (QED) is 0.851. The van der Waals surface area contributed by atoms with Crippen molar-refractivity contribution in [3.8, 4) is 0 Å². The summed E-state index contributed by atoms with van der Waals surface area (Å²) in [6, 6.07) is 6.10. The smallest absolute Gasteiger partial charge is 0.127 e. The van der Waals surface area contributed by atoms with Gasteiger partial charge in [0, 0.05) is 36.6 Å². The Morgan fingerprint density at radius 2 is 2.24 bits per heavy atom. The highest BCUT2D eigenvalue weighted by atomic mass is 32.1. The van der Waals surface area contributed by atoms with Crippen molar-refractivity contribution in [2.75, 3.05) is 7.05 Å². The van der Waals surface area contributed by atoms with Crippen LogP contribution in [-0.4, -0.2) is 23.0 Å². The molecule has 1 aromatic heterocycles. The van der Waals surface area contributed by atoms with Crippen molar-refractivity contribution in [2.24, 2.45) is 0 Å². The molecule has 21 heavy (non-hydrogen) atoms. The summed E-state index contributed by atoms with van der Waals surface area (Å²) in [5.41, 5.74) is 4.77. The van der Waals surface area contributed by atoms with Crippen molar-refractivity contribution >= 4 is 11.3 Å². The Bertz CT molecular complexity index is 581. The Balaban J connectivity index is 1.61. The number of halogens is 1. The molecule has 1 heterocycles. The van der Waals surface area contributed by atoms with E-state index in [0.717, 1.165) is 29.9 Å². The maximum atomic E-state index is 14.0. The predicted octanol–water partition coefficient (Wildman–Crippen LogP) is 3.17. The molecule has 0 spiro atoms. The second kappa shape index (κ2) is 6.64. The van der Waals surface area contributed by atoms with E-state index < -0.39 is 0 Å². The SMILES string of the molecule is CN(Cc1cscn1)Cc1cc(CNC2CC2)ccc1F. The molecule has 0 atom stereocenters. The maximum absolute atomic E-state index is 14.0. The summed E-state index contributed by atoms with van der Waals surface area (Å²) in [4.78, 5) is 6.36. The number of nitrogens with one attached hydrogen (secondary N) is 1. The predicted molar refractivity (Wildman–Crippen MR) is 83.5 cm³/mol. The van der Waals surface area contributed by atoms with Crippen molar-refractivity contribution in [1.82, 2.24) is 15.2 Å². The molecule has 1 fully saturated rings. The zero-order valence-electron chi connectivity index (χ0n) is 12.2. The summed E-state index contributed by atoms with van der Waals surface area (Å²) >= 11 is 1.59. The van der Waals surface area contributed by atoms with Crippen LogP contribution in [0.25, 0.3) is 0 Å². The van der Waals surface area contributed by atoms with E-state index in [1.54, 1.807) is 17.4 Å². The van der Waals surface area contributed by atoms with Gasteiger partial charge in [0.1, 0.15) is 5.82 Å². The van der Waals surface area contributed by atoms with E-state index >= 15 is 0 Å². The Kier molecular flexibility index (Phi) is 4.63. The van der Waals surface area contributed by atoms with E-state index in [9.17, 15) is 4.39 Å². The number of rotatable bonds is 7. The van der Waals surface area contributed by atoms with Crippen LogP contribution in [-0.2, 0) is 19.6 Å². The van der Waals surface area contributed by atoms with Crippen molar-refractivity contribution in [3.05, 3.63) is 51.7 Å². The lowest BCUT2D eigenvalue weighted by molar-refractivity contribution is 0.310. The molecule has 0 amide bonds. The average Bonchev–Trinajstić information content (AvgIpc) is 3.16. The van der Waals surface area contributed by atoms with Crippen molar-refractivity contribution in [1.29, 1.82) is 0 Å². The third-order valence-corrected chi connectivity index (χ3v) is 4.27. The van der Waals surface area contributed by atoms with Gasteiger partial charge in [0.05, 0.1) is 11.2 Å². The van der Waals surface area contributed by atoms with Gasteiger partial charge in [0.15, 0.2) is 0 Å². The highest BCUT2D eigenvalue weighted by Crippen LogP contribution is 2.20. The van der Waals surface area contributed by atoms with Gasteiger partial charge >= 0.3 is 0 Å². The van der Waals surface area contributed by atoms with Crippen molar-refractivity contribution in [2.45, 2.75) is 38.5 Å². The molecule has 1 aliphatic carbocycles. The molecule has 0 aliphatic heterocycles. The summed E-state index contributed by atoms with van der Waals surface area (Å²) in [7, 11) is 1.99. The second-order valence-electron chi connectivity index (χ2n) is 5.73. The van der Waals surface area contributed by atoms with Gasteiger partial charge in [-0.1, -0.05) is 12.1 Å². The molecule has 1 aromatic carbocycles. The molecule has 0 bridgehead atoms. The van der Waals surface area contributed by atoms with Crippen LogP contribution in [0.15, 0.2) is 29.1 Å². The van der Waals surface area contributed by atoms with E-state index in [2.05, 4.69) is 15.2 Å². The minimum atomic E-state index is -0.129. The highest BCUT2D eigenvalue weighted by molar-refractivity contribution is 7.07. The van der Waals surface area contributed by atoms with Gasteiger partial charge in [-0.15, -0.1) is 11.3 Å². The van der Waals surface area contributed by atoms with E-state index in [4.69, 9.17) is 0 Å². The molecule has 3 rings (SSSR count). The largest absolute Gasteiger partial charge is 0.310 e. The lowest BCUT2D eigenvalue weighted by atomic mass is 10.1. The van der Waals surface area contributed by atoms with Gasteiger partial charge in [0.25, 0.3) is 0 Å². The molecule has 1 saturated carbocycles. The maximum Gasteiger partial charge on any atom is 0.127 e. The first-order valence-corrected chi connectivity index (χ1v) is 8.21. The Labute approximate surface area is 128 Å². The van der Waals surface area contributed by atoms with E-state index in [1.165, 1.54) is 12.8 Å². The number of hydrogen-bond donors (Lipinski definition) is 1. The molecule has 1 aliphatic rings. The van der Waals surface area contributed by atoms with Crippen LogP contribution < -0.4 is 5.32 Å². The van der Waals surface area contributed by atoms with Gasteiger partial charge < -0.3 is 5.32 Å². The first kappa shape index (κ1) is 14.6. The lowest BCUT2D eigenvalue weighted by Crippen LogP contribution is -2.19. The standard InChI is InChI=1S/C16H20FN3S/c1-20(9-15-10-21-11-19-15)8-13-6-12(2-5-16(13)17)7-18-14-3-4-14/h2,5-6,10-11,14,18H,3-4,7-9H2,1H3. The number of hydrogen-bond acceptors (Lipinski definition) is 4. The van der Waals surface area contributed by atoms with Crippen molar-refractivity contribution < 1.29 is 4.39 Å². The summed E-state index contributed by atoms with van der Waals surface area (Å²) in [6.07, 6.45) is 2.54. The zero-order valence-corrected chi connectivity index (χ0v) is 13.0. The molecular weight excluding hydrogens is 285 g/mol. The molecule has 0 saturated heterocycles. The molecule has 3 nitrogen and oxygen atoms in total. The summed E-state index contributed by atoms with van der Waals surface area (Å²) < 4.78 is 14.0. The third kappa shape index (κ3) is 4.33. The summed E-state index contributed by atoms with van der Waals surface area (Å²) in [6.45, 7) is 2.17. The molecule has 0 unspecified atom stereocenters. The van der Waals surface area contributed by atoms with E-state index in [0.29, 0.717) is 12.6 Å². The van der Waals surface area contributed by atoms with Gasteiger partial charge in [-0.2, -0.15) is 0 Å². The van der Waals surface area contributed by atoms with Crippen LogP contribution in [0.2, 0.25) is 0 Å². The number of thiazole rings is 1. The number of aromatic nitrogens is 1. The first-order chi connectivity index (χ1) is 10.2. The Morgan fingerprint density at radius 1 is 1.38 bits per heavy atom. The van der Waals surface area contributed by atoms with Crippen LogP contribution in [0.3, 0.4) is 0 Å². The minimum absolute atomic E-state index is 0.129. The summed E-state index contributed by atoms with van der Waals surface area (Å²) in [5, 5.41) is 5.50. The van der Waals surface area contributed by atoms with Gasteiger partial charge in [-0.25, -0.2) is 9.37 Å². The molecule has 5 heteroatoms. The molecule has 112 valence electrons. The second-order valence-corrected chi connectivity index (χ2v) is 6.45. The first-order valence-electron chi connectivity index (χ1n) is 7.27. The van der Waals surface area contributed by atoms with Gasteiger partial charge in [-0.3, -0.25) is 4.90 Å². The van der Waals surface area contributed by atoms with Crippen LogP contribution in [0, 0.1) is 5.82 Å². The van der Waals surface area contributed by atoms with Crippen LogP contribution in [0.4, 0.5) is 4.39 Å². The monoisotopic (exact) mass is 305 g/mol. The van der Waals surface area contributed by atoms with Gasteiger partial charge in [0.2, 0.25) is 0 Å². The third-order valence-electron chi connectivity index (χ3n) is 3.64. The number of nitrogens with zero attached hydrogens (tertiary/aromatic N) is 2. The van der Waals surface area contributed by atoms with Gasteiger partial charge in [-0.05, 0) is 31.5 Å². The molecular formula is C16H20FN3S. The summed E-state index contributed by atoms with van der Waals surface area (Å²) in [5.74, 6) is -0.129. The van der Waals surface area contributed by atoms with Crippen molar-refractivity contribution in [3.63, 3.8) is 0 Å². The fraction of sp³-hybridized carbons (Fsp3) is 0.438. The van der Waals surface area contributed by atoms with Crippen LogP contribution >= 0.6 is 11.3 Å². The number of benzene rings is 1. The normalized spacial score (nSPS) is 14.8. The fourth-order valence-electron chi connectivity index (χ4n) is 2.35. The van der Waals surface area contributed by atoms with Crippen LogP contribution in [0.5, 0.6) is 0 Å². The zero-order chi connectivity index (χ0) is 14.7. The van der Waals surface area contributed by atoms with E-state index in [1.807, 2.05) is 30.1 Å². The fourth-order valence-corrected chi connectivity index (χ4v) is 2.90. The Hall–Kier alpha value is -1.30. The molecule has 1 N–H and O–H groups in total. The van der Waals surface area contributed by atoms with E-state index in [-0.39, 0.29) is 5.82 Å². The molecule has 2 aromatic rings.